The van der Waals surface area contributed by atoms with Crippen molar-refractivity contribution in [3.8, 4) is 0 Å². The molecule has 0 aromatic carbocycles. The number of nitrogens with zero attached hydrogens (tertiary/aromatic N) is 5. The number of ketones is 1. The van der Waals surface area contributed by atoms with Crippen LogP contribution in [0.25, 0.3) is 0 Å². The Labute approximate surface area is 245 Å². The normalized spacial score (nSPS) is 13.2. The van der Waals surface area contributed by atoms with E-state index in [9.17, 15) is 23.6 Å². The second kappa shape index (κ2) is 14.2. The van der Waals surface area contributed by atoms with Gasteiger partial charge in [0.05, 0.1) is 24.1 Å². The molecule has 0 saturated carbocycles. The highest BCUT2D eigenvalue weighted by molar-refractivity contribution is 5.94. The first-order valence-corrected chi connectivity index (χ1v) is 14.0. The number of halogens is 1. The highest BCUT2D eigenvalue weighted by atomic mass is 19.1. The van der Waals surface area contributed by atoms with Crippen LogP contribution in [-0.4, -0.2) is 77.1 Å². The van der Waals surface area contributed by atoms with Crippen molar-refractivity contribution in [2.45, 2.75) is 65.5 Å². The molecule has 0 unspecified atom stereocenters. The van der Waals surface area contributed by atoms with Gasteiger partial charge in [-0.25, -0.2) is 9.18 Å². The standard InChI is InChI=1S/C31H40FN5O5/c1-19(2)14-25-29-23(24(32)17-33-25)16-22(34-29)18-37-20(3)12-13-21(30(37)40)15-26(38)27(42-31(41)36(6)7)10-8-9-11-28(39)35(4)5/h9,11-13,17,19,27H,8,10,14-16,18H2,1-7H3/b11-9+/t27-/m0/s1. The van der Waals surface area contributed by atoms with Gasteiger partial charge in [-0.15, -0.1) is 0 Å². The topological polar surface area (TPSA) is 114 Å². The van der Waals surface area contributed by atoms with Crippen LogP contribution in [0.3, 0.4) is 0 Å². The molecule has 11 heteroatoms. The maximum Gasteiger partial charge on any atom is 0.409 e. The molecule has 3 heterocycles. The summed E-state index contributed by atoms with van der Waals surface area (Å²) >= 11 is 0. The monoisotopic (exact) mass is 581 g/mol. The van der Waals surface area contributed by atoms with Gasteiger partial charge in [0.1, 0.15) is 5.82 Å². The van der Waals surface area contributed by atoms with Crippen LogP contribution in [0.5, 0.6) is 0 Å². The number of hydrogen-bond acceptors (Lipinski definition) is 7. The van der Waals surface area contributed by atoms with Crippen molar-refractivity contribution in [1.82, 2.24) is 19.4 Å². The Balaban J connectivity index is 1.81. The predicted octanol–water partition coefficient (Wildman–Crippen LogP) is 3.82. The SMILES string of the molecule is Cc1ccc(CC(=O)[C@H](CC/C=C/C(=O)N(C)C)OC(=O)N(C)C)c(=O)n1CC1=Nc2c(CC(C)C)ncc(F)c2C1. The lowest BCUT2D eigenvalue weighted by molar-refractivity contribution is -0.127. The third-order valence-corrected chi connectivity index (χ3v) is 6.87. The van der Waals surface area contributed by atoms with Crippen molar-refractivity contribution in [1.29, 1.82) is 0 Å². The molecule has 1 aliphatic rings. The second-order valence-corrected chi connectivity index (χ2v) is 11.3. The molecule has 0 fully saturated rings. The van der Waals surface area contributed by atoms with E-state index in [-0.39, 0.29) is 42.8 Å². The van der Waals surface area contributed by atoms with Crippen LogP contribution in [0, 0.1) is 18.7 Å². The molecule has 0 N–H and O–H groups in total. The Bertz CT molecular complexity index is 1460. The van der Waals surface area contributed by atoms with Crippen molar-refractivity contribution in [2.75, 3.05) is 28.2 Å². The number of fused-ring (bicyclic) bond motifs is 1. The van der Waals surface area contributed by atoms with Crippen molar-refractivity contribution in [3.05, 3.63) is 69.2 Å². The molecule has 0 bridgehead atoms. The molecular formula is C31H40FN5O5. The molecule has 2 aromatic heterocycles. The Morgan fingerprint density at radius 1 is 1.14 bits per heavy atom. The maximum atomic E-state index is 14.6. The van der Waals surface area contributed by atoms with E-state index in [1.165, 1.54) is 40.7 Å². The summed E-state index contributed by atoms with van der Waals surface area (Å²) in [6.45, 7) is 6.04. The number of carbonyl (C=O) groups excluding carboxylic acids is 3. The fraction of sp³-hybridized carbons (Fsp3) is 0.484. The van der Waals surface area contributed by atoms with Gasteiger partial charge in [0, 0.05) is 63.6 Å². The van der Waals surface area contributed by atoms with E-state index in [1.54, 1.807) is 39.2 Å². The lowest BCUT2D eigenvalue weighted by Gasteiger charge is -2.19. The molecule has 3 rings (SSSR count). The fourth-order valence-electron chi connectivity index (χ4n) is 4.51. The zero-order valence-corrected chi connectivity index (χ0v) is 25.4. The molecule has 0 saturated heterocycles. The number of hydrogen-bond donors (Lipinski definition) is 0. The van der Waals surface area contributed by atoms with E-state index in [0.717, 1.165) is 5.69 Å². The summed E-state index contributed by atoms with van der Waals surface area (Å²) in [7, 11) is 6.28. The number of aromatic nitrogens is 2. The van der Waals surface area contributed by atoms with Gasteiger partial charge in [-0.05, 0) is 44.2 Å². The highest BCUT2D eigenvalue weighted by Gasteiger charge is 2.26. The molecule has 0 radical (unpaired) electrons. The second-order valence-electron chi connectivity index (χ2n) is 11.3. The van der Waals surface area contributed by atoms with E-state index in [2.05, 4.69) is 23.8 Å². The summed E-state index contributed by atoms with van der Waals surface area (Å²) < 4.78 is 21.5. The number of pyridine rings is 2. The predicted molar refractivity (Wildman–Crippen MR) is 159 cm³/mol. The largest absolute Gasteiger partial charge is 0.438 e. The van der Waals surface area contributed by atoms with Gasteiger partial charge in [-0.2, -0.15) is 0 Å². The van der Waals surface area contributed by atoms with Gasteiger partial charge >= 0.3 is 6.09 Å². The van der Waals surface area contributed by atoms with E-state index < -0.39 is 23.8 Å². The smallest absolute Gasteiger partial charge is 0.409 e. The number of aliphatic imine (C=N–C) groups is 1. The number of likely N-dealkylation sites (N-methyl/N-ethyl adjacent to an activating group) is 1. The molecule has 0 aliphatic carbocycles. The molecule has 2 amide bonds. The number of rotatable bonds is 12. The fourth-order valence-corrected chi connectivity index (χ4v) is 4.51. The number of allylic oxidation sites excluding steroid dienone is 1. The van der Waals surface area contributed by atoms with Gasteiger partial charge < -0.3 is 19.1 Å². The van der Waals surface area contributed by atoms with Crippen LogP contribution < -0.4 is 5.56 Å². The zero-order valence-electron chi connectivity index (χ0n) is 25.4. The van der Waals surface area contributed by atoms with E-state index >= 15 is 0 Å². The minimum absolute atomic E-state index is 0.145. The van der Waals surface area contributed by atoms with Crippen LogP contribution >= 0.6 is 0 Å². The minimum atomic E-state index is -1.10. The lowest BCUT2D eigenvalue weighted by Crippen LogP contribution is -2.35. The number of amides is 2. The van der Waals surface area contributed by atoms with Crippen LogP contribution in [0.4, 0.5) is 14.9 Å². The Morgan fingerprint density at radius 2 is 1.86 bits per heavy atom. The molecule has 42 heavy (non-hydrogen) atoms. The average Bonchev–Trinajstić information content (AvgIpc) is 3.36. The van der Waals surface area contributed by atoms with Crippen LogP contribution in [0.1, 0.15) is 49.2 Å². The Hall–Kier alpha value is -4.15. The summed E-state index contributed by atoms with van der Waals surface area (Å²) in [5, 5.41) is 0. The Morgan fingerprint density at radius 3 is 2.50 bits per heavy atom. The summed E-state index contributed by atoms with van der Waals surface area (Å²) in [6.07, 6.45) is 3.64. The number of ether oxygens (including phenoxy) is 1. The van der Waals surface area contributed by atoms with Crippen LogP contribution in [0.2, 0.25) is 0 Å². The van der Waals surface area contributed by atoms with Crippen molar-refractivity contribution in [2.24, 2.45) is 10.9 Å². The first-order chi connectivity index (χ1) is 19.8. The molecule has 0 spiro atoms. The molecule has 226 valence electrons. The quantitative estimate of drug-likeness (QED) is 0.352. The maximum absolute atomic E-state index is 14.6. The van der Waals surface area contributed by atoms with Gasteiger partial charge in [0.25, 0.3) is 5.56 Å². The average molecular weight is 582 g/mol. The molecule has 2 aromatic rings. The molecule has 10 nitrogen and oxygen atoms in total. The molecular weight excluding hydrogens is 541 g/mol. The lowest BCUT2D eigenvalue weighted by atomic mass is 10.0. The van der Waals surface area contributed by atoms with Gasteiger partial charge in [0.15, 0.2) is 11.9 Å². The zero-order chi connectivity index (χ0) is 31.1. The third kappa shape index (κ3) is 8.20. The van der Waals surface area contributed by atoms with E-state index in [4.69, 9.17) is 4.74 Å². The van der Waals surface area contributed by atoms with Gasteiger partial charge in [0.2, 0.25) is 5.91 Å². The third-order valence-electron chi connectivity index (χ3n) is 6.87. The summed E-state index contributed by atoms with van der Waals surface area (Å²) in [5.41, 5.74) is 2.95. The van der Waals surface area contributed by atoms with Crippen LogP contribution in [-0.2, 0) is 40.1 Å². The van der Waals surface area contributed by atoms with Gasteiger partial charge in [-0.1, -0.05) is 26.0 Å². The van der Waals surface area contributed by atoms with Crippen molar-refractivity contribution in [3.63, 3.8) is 0 Å². The summed E-state index contributed by atoms with van der Waals surface area (Å²) in [4.78, 5) is 62.4. The van der Waals surface area contributed by atoms with Gasteiger partial charge in [-0.3, -0.25) is 24.4 Å². The van der Waals surface area contributed by atoms with E-state index in [1.807, 2.05) is 0 Å². The Kier molecular flexibility index (Phi) is 10.9. The van der Waals surface area contributed by atoms with E-state index in [0.29, 0.717) is 41.4 Å². The summed E-state index contributed by atoms with van der Waals surface area (Å²) in [6, 6.07) is 3.34. The van der Waals surface area contributed by atoms with Crippen molar-refractivity contribution < 1.29 is 23.5 Å². The van der Waals surface area contributed by atoms with Crippen LogP contribution in [0.15, 0.2) is 40.3 Å². The first kappa shape index (κ1) is 32.4. The molecule has 1 atom stereocenters. The number of carbonyl (C=O) groups is 3. The molecule has 1 aliphatic heterocycles. The van der Waals surface area contributed by atoms with Crippen molar-refractivity contribution >= 4 is 29.2 Å². The highest BCUT2D eigenvalue weighted by Crippen LogP contribution is 2.33. The number of Topliss-reactive ketones (excluding diaryl/α,β-unsaturated/α-hetero) is 1. The summed E-state index contributed by atoms with van der Waals surface area (Å²) in [5.74, 6) is -0.725. The minimum Gasteiger partial charge on any atom is -0.438 e. The number of aryl methyl sites for hydroxylation is 1. The first-order valence-electron chi connectivity index (χ1n) is 14.0.